The van der Waals surface area contributed by atoms with Crippen LogP contribution in [0.1, 0.15) is 32.0 Å². The number of piperazine rings is 1. The zero-order valence-corrected chi connectivity index (χ0v) is 22.9. The van der Waals surface area contributed by atoms with E-state index in [4.69, 9.17) is 4.74 Å². The molecule has 2 saturated heterocycles. The van der Waals surface area contributed by atoms with Crippen LogP contribution in [0.3, 0.4) is 0 Å². The number of nitrogens with zero attached hydrogens (tertiary/aromatic N) is 8. The highest BCUT2D eigenvalue weighted by Crippen LogP contribution is 2.32. The second-order valence-electron chi connectivity index (χ2n) is 11.4. The number of ether oxygens (including phenoxy) is 1. The van der Waals surface area contributed by atoms with Gasteiger partial charge in [-0.25, -0.2) is 24.3 Å². The lowest BCUT2D eigenvalue weighted by molar-refractivity contribution is -0.0774. The van der Waals surface area contributed by atoms with Crippen molar-refractivity contribution in [3.05, 3.63) is 53.9 Å². The zero-order valence-electron chi connectivity index (χ0n) is 22.9. The van der Waals surface area contributed by atoms with Crippen LogP contribution in [0, 0.1) is 5.82 Å². The van der Waals surface area contributed by atoms with Crippen LogP contribution in [0.15, 0.2) is 36.8 Å². The maximum atomic E-state index is 14.9. The minimum Gasteiger partial charge on any atom is -0.378 e. The largest absolute Gasteiger partial charge is 0.378 e. The first-order chi connectivity index (χ1) is 18.7. The highest BCUT2D eigenvalue weighted by molar-refractivity contribution is 5.83. The van der Waals surface area contributed by atoms with Gasteiger partial charge in [0.1, 0.15) is 11.5 Å². The fourth-order valence-electron chi connectivity index (χ4n) is 5.41. The van der Waals surface area contributed by atoms with Gasteiger partial charge in [-0.2, -0.15) is 5.10 Å². The highest BCUT2D eigenvalue weighted by Gasteiger charge is 2.29. The Morgan fingerprint density at radius 2 is 1.82 bits per heavy atom. The molecule has 4 aromatic rings. The molecule has 0 amide bonds. The third-order valence-electron chi connectivity index (χ3n) is 7.43. The smallest absolute Gasteiger partial charge is 0.229 e. The molecule has 0 spiro atoms. The fraction of sp³-hybridized carbons (Fsp3) is 0.464. The topological polar surface area (TPSA) is 97.1 Å². The average molecular weight is 532 g/mol. The molecule has 0 unspecified atom stereocenters. The van der Waals surface area contributed by atoms with E-state index in [0.29, 0.717) is 23.1 Å². The minimum atomic E-state index is -0.517. The molecule has 0 saturated carbocycles. The van der Waals surface area contributed by atoms with Crippen molar-refractivity contribution >= 4 is 22.8 Å². The normalized spacial score (nSPS) is 17.5. The van der Waals surface area contributed by atoms with E-state index >= 15 is 0 Å². The van der Waals surface area contributed by atoms with Crippen molar-refractivity contribution in [3.8, 4) is 11.3 Å². The molecular formula is C28H34FN9O. The summed E-state index contributed by atoms with van der Waals surface area (Å²) in [7, 11) is 1.90. The first-order valence-corrected chi connectivity index (χ1v) is 13.4. The molecular weight excluding hydrogens is 497 g/mol. The van der Waals surface area contributed by atoms with Crippen LogP contribution < -0.4 is 5.32 Å². The molecule has 39 heavy (non-hydrogen) atoms. The first kappa shape index (κ1) is 25.7. The van der Waals surface area contributed by atoms with E-state index in [1.54, 1.807) is 6.20 Å². The molecule has 0 radical (unpaired) electrons. The summed E-state index contributed by atoms with van der Waals surface area (Å²) in [6, 6.07) is 6.46. The van der Waals surface area contributed by atoms with Crippen molar-refractivity contribution < 1.29 is 9.13 Å². The molecule has 2 aliphatic heterocycles. The Bertz CT molecular complexity index is 1470. The summed E-state index contributed by atoms with van der Waals surface area (Å²) in [6.45, 7) is 13.2. The predicted molar refractivity (Wildman–Crippen MR) is 147 cm³/mol. The molecule has 11 heteroatoms. The van der Waals surface area contributed by atoms with E-state index in [1.807, 2.05) is 30.1 Å². The average Bonchev–Trinajstić information content (AvgIpc) is 3.22. The quantitative estimate of drug-likeness (QED) is 0.401. The van der Waals surface area contributed by atoms with Crippen molar-refractivity contribution in [2.45, 2.75) is 38.8 Å². The Morgan fingerprint density at radius 1 is 1.03 bits per heavy atom. The number of aryl methyl sites for hydroxylation is 1. The number of nitrogens with one attached hydrogen (secondary N) is 1. The third-order valence-corrected chi connectivity index (χ3v) is 7.43. The van der Waals surface area contributed by atoms with Crippen molar-refractivity contribution in [2.24, 2.45) is 7.05 Å². The Kier molecular flexibility index (Phi) is 6.74. The van der Waals surface area contributed by atoms with Crippen molar-refractivity contribution in [1.29, 1.82) is 0 Å². The predicted octanol–water partition coefficient (Wildman–Crippen LogP) is 3.52. The van der Waals surface area contributed by atoms with Crippen molar-refractivity contribution in [1.82, 2.24) is 39.5 Å². The van der Waals surface area contributed by atoms with Gasteiger partial charge in [0.2, 0.25) is 5.95 Å². The number of pyridine rings is 2. The van der Waals surface area contributed by atoms with Gasteiger partial charge in [0.05, 0.1) is 31.1 Å². The standard InChI is InChI=1S/C28H34FN9O/c1-28(2,3)25-21-11-19(13-31-26(21)35-36(25)4)24-22(29)14-32-27(34-24)33-23-6-5-18(12-30-23)15-37-7-9-38(10-8-37)20-16-39-17-20/h5-6,11-14,20H,7-10,15-17H2,1-4H3,(H,30,32,33,34). The van der Waals surface area contributed by atoms with Crippen LogP contribution in [0.25, 0.3) is 22.3 Å². The SMILES string of the molecule is Cn1nc2ncc(-c3nc(Nc4ccc(CN5CCN(C6COC6)CC5)cn4)ncc3F)cc2c1C(C)(C)C. The van der Waals surface area contributed by atoms with Crippen LogP contribution in [0.4, 0.5) is 16.2 Å². The molecule has 4 aromatic heterocycles. The van der Waals surface area contributed by atoms with E-state index in [2.05, 4.69) is 67.0 Å². The van der Waals surface area contributed by atoms with Gasteiger partial charge >= 0.3 is 0 Å². The van der Waals surface area contributed by atoms with E-state index < -0.39 is 5.82 Å². The van der Waals surface area contributed by atoms with E-state index in [-0.39, 0.29) is 17.1 Å². The molecule has 2 aliphatic rings. The molecule has 204 valence electrons. The summed E-state index contributed by atoms with van der Waals surface area (Å²) in [5, 5.41) is 8.51. The second kappa shape index (κ2) is 10.2. The maximum Gasteiger partial charge on any atom is 0.229 e. The lowest BCUT2D eigenvalue weighted by atomic mass is 9.89. The number of hydrogen-bond donors (Lipinski definition) is 1. The minimum absolute atomic E-state index is 0.154. The number of aromatic nitrogens is 6. The second-order valence-corrected chi connectivity index (χ2v) is 11.4. The molecule has 0 aliphatic carbocycles. The summed E-state index contributed by atoms with van der Waals surface area (Å²) >= 11 is 0. The molecule has 0 atom stereocenters. The summed E-state index contributed by atoms with van der Waals surface area (Å²) < 4.78 is 22.0. The number of hydrogen-bond acceptors (Lipinski definition) is 9. The van der Waals surface area contributed by atoms with Crippen LogP contribution in [0.5, 0.6) is 0 Å². The van der Waals surface area contributed by atoms with E-state index in [9.17, 15) is 4.39 Å². The van der Waals surface area contributed by atoms with Crippen molar-refractivity contribution in [2.75, 3.05) is 44.7 Å². The Labute approximate surface area is 227 Å². The van der Waals surface area contributed by atoms with E-state index in [0.717, 1.165) is 62.6 Å². The Morgan fingerprint density at radius 3 is 2.49 bits per heavy atom. The maximum absolute atomic E-state index is 14.9. The van der Waals surface area contributed by atoms with Crippen molar-refractivity contribution in [3.63, 3.8) is 0 Å². The summed E-state index contributed by atoms with van der Waals surface area (Å²) in [4.78, 5) is 22.6. The summed E-state index contributed by atoms with van der Waals surface area (Å²) in [6.07, 6.45) is 4.64. The highest BCUT2D eigenvalue weighted by atomic mass is 19.1. The first-order valence-electron chi connectivity index (χ1n) is 13.4. The Balaban J connectivity index is 1.15. The summed E-state index contributed by atoms with van der Waals surface area (Å²) in [5.41, 5.74) is 3.38. The van der Waals surface area contributed by atoms with Crippen LogP contribution in [-0.2, 0) is 23.7 Å². The van der Waals surface area contributed by atoms with Gasteiger partial charge < -0.3 is 10.1 Å². The van der Waals surface area contributed by atoms with Gasteiger partial charge in [-0.05, 0) is 17.7 Å². The van der Waals surface area contributed by atoms with Gasteiger partial charge in [0, 0.05) is 68.5 Å². The van der Waals surface area contributed by atoms with Gasteiger partial charge in [-0.3, -0.25) is 14.5 Å². The molecule has 0 bridgehead atoms. The number of anilines is 2. The van der Waals surface area contributed by atoms with Crippen LogP contribution >= 0.6 is 0 Å². The van der Waals surface area contributed by atoms with Gasteiger partial charge in [-0.15, -0.1) is 0 Å². The lowest BCUT2D eigenvalue weighted by Gasteiger charge is -2.42. The molecule has 6 heterocycles. The third kappa shape index (κ3) is 5.34. The van der Waals surface area contributed by atoms with Crippen LogP contribution in [0.2, 0.25) is 0 Å². The van der Waals surface area contributed by atoms with E-state index in [1.165, 1.54) is 6.20 Å². The molecule has 10 nitrogen and oxygen atoms in total. The van der Waals surface area contributed by atoms with Gasteiger partial charge in [0.25, 0.3) is 0 Å². The fourth-order valence-corrected chi connectivity index (χ4v) is 5.41. The van der Waals surface area contributed by atoms with Crippen LogP contribution in [-0.4, -0.2) is 85.0 Å². The zero-order chi connectivity index (χ0) is 27.1. The van der Waals surface area contributed by atoms with Gasteiger partial charge in [-0.1, -0.05) is 26.8 Å². The molecule has 0 aromatic carbocycles. The molecule has 1 N–H and O–H groups in total. The number of halogens is 1. The molecule has 2 fully saturated rings. The summed E-state index contributed by atoms with van der Waals surface area (Å²) in [5.74, 6) is 0.350. The number of rotatable bonds is 6. The monoisotopic (exact) mass is 531 g/mol. The van der Waals surface area contributed by atoms with Gasteiger partial charge in [0.15, 0.2) is 11.5 Å². The number of fused-ring (bicyclic) bond motifs is 1. The molecule has 6 rings (SSSR count). The lowest BCUT2D eigenvalue weighted by Crippen LogP contribution is -2.56. The Hall–Kier alpha value is -3.54.